The molecular formula is C31H54N4O6. The molecule has 0 aliphatic carbocycles. The standard InChI is InChI=1S/C31H54N4O6/c1-7-25(2)30(26(41-6)16-23-37)34(5)29(40)24-32-19-18-31(3)17-13-21-35(31)28(39)14-10-8-9-11-20-33(4)27(38)15-12-22-36/h12,15,22-23,25-26,30,32H,7-11,13-14,16-21,24H2,1-6H3/b15-12-/t25?,26?,30?,31-/m0/s1. The van der Waals surface area contributed by atoms with Gasteiger partial charge in [-0.1, -0.05) is 33.1 Å². The van der Waals surface area contributed by atoms with Gasteiger partial charge >= 0.3 is 0 Å². The van der Waals surface area contributed by atoms with Gasteiger partial charge in [0.15, 0.2) is 0 Å². The van der Waals surface area contributed by atoms with Crippen molar-refractivity contribution in [3.63, 3.8) is 0 Å². The van der Waals surface area contributed by atoms with Crippen LogP contribution in [-0.2, 0) is 28.7 Å². The molecule has 0 bridgehead atoms. The molecule has 1 rings (SSSR count). The number of hydrogen-bond donors (Lipinski definition) is 1. The number of amides is 3. The van der Waals surface area contributed by atoms with Gasteiger partial charge in [-0.2, -0.15) is 0 Å². The average molecular weight is 579 g/mol. The molecule has 1 saturated heterocycles. The maximum absolute atomic E-state index is 13.1. The van der Waals surface area contributed by atoms with Crippen LogP contribution in [0.1, 0.15) is 85.0 Å². The fourth-order valence-corrected chi connectivity index (χ4v) is 5.73. The molecule has 1 aliphatic heterocycles. The highest BCUT2D eigenvalue weighted by Crippen LogP contribution is 2.32. The predicted molar refractivity (Wildman–Crippen MR) is 160 cm³/mol. The summed E-state index contributed by atoms with van der Waals surface area (Å²) in [7, 11) is 5.08. The predicted octanol–water partition coefficient (Wildman–Crippen LogP) is 2.99. The zero-order valence-electron chi connectivity index (χ0n) is 26.2. The first-order valence-corrected chi connectivity index (χ1v) is 15.2. The number of aldehydes is 2. The van der Waals surface area contributed by atoms with Crippen LogP contribution in [0.3, 0.4) is 0 Å². The molecule has 41 heavy (non-hydrogen) atoms. The second kappa shape index (κ2) is 19.5. The van der Waals surface area contributed by atoms with Crippen LogP contribution in [0.25, 0.3) is 0 Å². The van der Waals surface area contributed by atoms with Gasteiger partial charge in [0.2, 0.25) is 17.7 Å². The Kier molecular flexibility index (Phi) is 17.3. The van der Waals surface area contributed by atoms with E-state index in [0.717, 1.165) is 64.2 Å². The summed E-state index contributed by atoms with van der Waals surface area (Å²) >= 11 is 0. The molecule has 10 heteroatoms. The number of likely N-dealkylation sites (N-methyl/N-ethyl adjacent to an activating group) is 2. The number of nitrogens with zero attached hydrogens (tertiary/aromatic N) is 3. The van der Waals surface area contributed by atoms with Crippen molar-refractivity contribution in [1.29, 1.82) is 0 Å². The van der Waals surface area contributed by atoms with Crippen LogP contribution in [-0.4, -0.2) is 110 Å². The van der Waals surface area contributed by atoms with Crippen molar-refractivity contribution < 1.29 is 28.7 Å². The molecular weight excluding hydrogens is 524 g/mol. The number of rotatable bonds is 21. The number of carbonyl (C=O) groups excluding carboxylic acids is 5. The average Bonchev–Trinajstić information content (AvgIpc) is 3.35. The van der Waals surface area contributed by atoms with E-state index in [1.807, 2.05) is 4.90 Å². The first-order valence-electron chi connectivity index (χ1n) is 15.2. The molecule has 10 nitrogen and oxygen atoms in total. The minimum Gasteiger partial charge on any atom is -0.379 e. The van der Waals surface area contributed by atoms with Gasteiger partial charge in [0.05, 0.1) is 18.7 Å². The third-order valence-electron chi connectivity index (χ3n) is 8.57. The van der Waals surface area contributed by atoms with Crippen LogP contribution in [0.2, 0.25) is 0 Å². The molecule has 0 aromatic heterocycles. The summed E-state index contributed by atoms with van der Waals surface area (Å²) in [5.41, 5.74) is -0.221. The minimum absolute atomic E-state index is 0.0410. The molecule has 1 fully saturated rings. The van der Waals surface area contributed by atoms with Crippen LogP contribution < -0.4 is 5.32 Å². The lowest BCUT2D eigenvalue weighted by Gasteiger charge is -2.37. The number of allylic oxidation sites excluding steroid dienone is 1. The fourth-order valence-electron chi connectivity index (χ4n) is 5.73. The van der Waals surface area contributed by atoms with Gasteiger partial charge in [-0.05, 0) is 57.6 Å². The van der Waals surface area contributed by atoms with Crippen molar-refractivity contribution >= 4 is 30.3 Å². The molecule has 234 valence electrons. The third kappa shape index (κ3) is 12.0. The Morgan fingerprint density at radius 3 is 2.46 bits per heavy atom. The Bertz CT molecular complexity index is 866. The maximum Gasteiger partial charge on any atom is 0.246 e. The molecule has 0 spiro atoms. The summed E-state index contributed by atoms with van der Waals surface area (Å²) in [6.45, 7) is 8.49. The summed E-state index contributed by atoms with van der Waals surface area (Å²) in [6, 6.07) is -0.182. The molecule has 1 N–H and O–H groups in total. The van der Waals surface area contributed by atoms with E-state index < -0.39 is 0 Å². The Hall–Kier alpha value is -2.59. The van der Waals surface area contributed by atoms with Crippen molar-refractivity contribution in [3.05, 3.63) is 12.2 Å². The number of likely N-dealkylation sites (tertiary alicyclic amines) is 1. The first kappa shape index (κ1) is 36.4. The monoisotopic (exact) mass is 578 g/mol. The van der Waals surface area contributed by atoms with E-state index in [1.165, 1.54) is 12.2 Å². The first-order chi connectivity index (χ1) is 19.6. The van der Waals surface area contributed by atoms with Gasteiger partial charge in [-0.15, -0.1) is 0 Å². The summed E-state index contributed by atoms with van der Waals surface area (Å²) in [6.07, 6.45) is 11.4. The molecule has 1 heterocycles. The van der Waals surface area contributed by atoms with Crippen molar-refractivity contribution in [2.75, 3.05) is 47.4 Å². The summed E-state index contributed by atoms with van der Waals surface area (Å²) in [5.74, 6) is 0.147. The van der Waals surface area contributed by atoms with Crippen LogP contribution in [0.4, 0.5) is 0 Å². The molecule has 0 aromatic carbocycles. The van der Waals surface area contributed by atoms with Crippen LogP contribution >= 0.6 is 0 Å². The third-order valence-corrected chi connectivity index (χ3v) is 8.57. The van der Waals surface area contributed by atoms with Crippen LogP contribution in [0, 0.1) is 5.92 Å². The molecule has 0 saturated carbocycles. The lowest BCUT2D eigenvalue weighted by molar-refractivity contribution is -0.137. The molecule has 0 radical (unpaired) electrons. The van der Waals surface area contributed by atoms with Crippen molar-refractivity contribution in [1.82, 2.24) is 20.0 Å². The number of unbranched alkanes of at least 4 members (excludes halogenated alkanes) is 3. The normalized spacial score (nSPS) is 19.1. The molecule has 3 unspecified atom stereocenters. The Morgan fingerprint density at radius 1 is 1.12 bits per heavy atom. The SMILES string of the molecule is CCC(C)C(C(CC=O)OC)N(C)C(=O)CNCC[C@]1(C)CCCN1C(=O)CCCCCCN(C)C(=O)/C=C\C=O. The topological polar surface area (TPSA) is 116 Å². The Labute approximate surface area is 247 Å². The summed E-state index contributed by atoms with van der Waals surface area (Å²) < 4.78 is 5.56. The molecule has 1 aliphatic rings. The van der Waals surface area contributed by atoms with Crippen molar-refractivity contribution in [2.45, 2.75) is 103 Å². The van der Waals surface area contributed by atoms with Gasteiger partial charge in [0.25, 0.3) is 0 Å². The van der Waals surface area contributed by atoms with Gasteiger partial charge < -0.3 is 29.5 Å². The van der Waals surface area contributed by atoms with E-state index in [4.69, 9.17) is 4.74 Å². The fraction of sp³-hybridized carbons (Fsp3) is 0.774. The van der Waals surface area contributed by atoms with E-state index in [2.05, 4.69) is 26.1 Å². The van der Waals surface area contributed by atoms with E-state index >= 15 is 0 Å². The second-order valence-corrected chi connectivity index (χ2v) is 11.5. The largest absolute Gasteiger partial charge is 0.379 e. The van der Waals surface area contributed by atoms with Gasteiger partial charge in [-0.25, -0.2) is 0 Å². The quantitative estimate of drug-likeness (QED) is 0.126. The summed E-state index contributed by atoms with van der Waals surface area (Å²) in [5, 5.41) is 3.28. The summed E-state index contributed by atoms with van der Waals surface area (Å²) in [4.78, 5) is 64.7. The van der Waals surface area contributed by atoms with E-state index in [9.17, 15) is 24.0 Å². The highest BCUT2D eigenvalue weighted by molar-refractivity contribution is 5.90. The van der Waals surface area contributed by atoms with Crippen LogP contribution in [0.15, 0.2) is 12.2 Å². The molecule has 4 atom stereocenters. The van der Waals surface area contributed by atoms with Gasteiger partial charge in [-0.3, -0.25) is 19.2 Å². The van der Waals surface area contributed by atoms with Gasteiger partial charge in [0.1, 0.15) is 12.6 Å². The highest BCUT2D eigenvalue weighted by atomic mass is 16.5. The Morgan fingerprint density at radius 2 is 1.83 bits per heavy atom. The lowest BCUT2D eigenvalue weighted by atomic mass is 9.91. The Balaban J connectivity index is 2.46. The minimum atomic E-state index is -0.337. The van der Waals surface area contributed by atoms with Gasteiger partial charge in [0, 0.05) is 58.8 Å². The van der Waals surface area contributed by atoms with Crippen LogP contribution in [0.5, 0.6) is 0 Å². The number of carbonyl (C=O) groups is 5. The zero-order chi connectivity index (χ0) is 30.8. The highest BCUT2D eigenvalue weighted by Gasteiger charge is 2.38. The zero-order valence-corrected chi connectivity index (χ0v) is 26.2. The maximum atomic E-state index is 13.1. The van der Waals surface area contributed by atoms with Crippen molar-refractivity contribution in [2.24, 2.45) is 5.92 Å². The lowest BCUT2D eigenvalue weighted by Crippen LogP contribution is -2.52. The molecule has 0 aromatic rings. The number of methoxy groups -OCH3 is 1. The number of nitrogens with one attached hydrogen (secondary N) is 1. The van der Waals surface area contributed by atoms with E-state index in [-0.39, 0.29) is 54.3 Å². The number of ether oxygens (including phenoxy) is 1. The van der Waals surface area contributed by atoms with E-state index in [0.29, 0.717) is 25.8 Å². The number of hydrogen-bond acceptors (Lipinski definition) is 7. The van der Waals surface area contributed by atoms with E-state index in [1.54, 1.807) is 31.0 Å². The van der Waals surface area contributed by atoms with Crippen molar-refractivity contribution in [3.8, 4) is 0 Å². The smallest absolute Gasteiger partial charge is 0.246 e. The molecule has 3 amide bonds. The second-order valence-electron chi connectivity index (χ2n) is 11.5.